The Morgan fingerprint density at radius 1 is 1.13 bits per heavy atom. The lowest BCUT2D eigenvalue weighted by Gasteiger charge is -2.32. The molecule has 0 amide bonds. The number of halogens is 3. The molecule has 30 heavy (non-hydrogen) atoms. The van der Waals surface area contributed by atoms with E-state index in [0.717, 1.165) is 31.0 Å². The van der Waals surface area contributed by atoms with Gasteiger partial charge in [-0.05, 0) is 23.8 Å². The fourth-order valence-corrected chi connectivity index (χ4v) is 3.28. The topological polar surface area (TPSA) is 52.4 Å². The van der Waals surface area contributed by atoms with Gasteiger partial charge in [-0.1, -0.05) is 12.1 Å². The zero-order valence-electron chi connectivity index (χ0n) is 16.1. The highest BCUT2D eigenvalue weighted by molar-refractivity contribution is 5.34. The number of morpholine rings is 1. The van der Waals surface area contributed by atoms with E-state index in [0.29, 0.717) is 13.2 Å². The van der Waals surface area contributed by atoms with E-state index in [9.17, 15) is 13.2 Å². The molecule has 0 spiro atoms. The molecule has 0 N–H and O–H groups in total. The standard InChI is InChI=1S/C21H21F3N4O2/c22-21(23,24)17-3-6-20(26-11-17)30-14-19-13-27(9-10-29-19)12-16-1-4-18(5-2-16)28-8-7-25-15-28/h1-8,11,15,19H,9-10,12-14H2. The number of nitrogens with zero attached hydrogens (tertiary/aromatic N) is 4. The first-order valence-corrected chi connectivity index (χ1v) is 9.55. The summed E-state index contributed by atoms with van der Waals surface area (Å²) in [7, 11) is 0. The van der Waals surface area contributed by atoms with Crippen molar-refractivity contribution in [3.05, 3.63) is 72.4 Å². The van der Waals surface area contributed by atoms with Gasteiger partial charge in [0.05, 0.1) is 18.5 Å². The smallest absolute Gasteiger partial charge is 0.417 e. The molecule has 1 saturated heterocycles. The SMILES string of the molecule is FC(F)(F)c1ccc(OCC2CN(Cc3ccc(-n4ccnc4)cc3)CCO2)nc1. The largest absolute Gasteiger partial charge is 0.475 e. The van der Waals surface area contributed by atoms with Crippen molar-refractivity contribution in [2.24, 2.45) is 0 Å². The molecule has 1 fully saturated rings. The predicted octanol–water partition coefficient (Wildman–Crippen LogP) is 3.57. The van der Waals surface area contributed by atoms with E-state index >= 15 is 0 Å². The van der Waals surface area contributed by atoms with Crippen molar-refractivity contribution < 1.29 is 22.6 Å². The Labute approximate surface area is 171 Å². The van der Waals surface area contributed by atoms with Crippen LogP contribution in [0.3, 0.4) is 0 Å². The molecule has 1 aliphatic heterocycles. The second-order valence-electron chi connectivity index (χ2n) is 7.06. The monoisotopic (exact) mass is 418 g/mol. The van der Waals surface area contributed by atoms with Crippen LogP contribution < -0.4 is 4.74 Å². The average molecular weight is 418 g/mol. The van der Waals surface area contributed by atoms with Crippen LogP contribution in [-0.2, 0) is 17.5 Å². The van der Waals surface area contributed by atoms with Gasteiger partial charge in [-0.3, -0.25) is 4.90 Å². The first kappa shape index (κ1) is 20.4. The summed E-state index contributed by atoms with van der Waals surface area (Å²) in [5, 5.41) is 0. The van der Waals surface area contributed by atoms with Crippen LogP contribution in [0.25, 0.3) is 5.69 Å². The highest BCUT2D eigenvalue weighted by Crippen LogP contribution is 2.29. The lowest BCUT2D eigenvalue weighted by molar-refractivity contribution is -0.137. The number of imidazole rings is 1. The van der Waals surface area contributed by atoms with Gasteiger partial charge in [0.1, 0.15) is 12.7 Å². The van der Waals surface area contributed by atoms with Crippen molar-refractivity contribution >= 4 is 0 Å². The average Bonchev–Trinajstić information content (AvgIpc) is 3.28. The van der Waals surface area contributed by atoms with Crippen LogP contribution in [0, 0.1) is 0 Å². The van der Waals surface area contributed by atoms with E-state index < -0.39 is 11.7 Å². The summed E-state index contributed by atoms with van der Waals surface area (Å²) in [4.78, 5) is 10.0. The third-order valence-corrected chi connectivity index (χ3v) is 4.85. The first-order valence-electron chi connectivity index (χ1n) is 9.55. The Morgan fingerprint density at radius 2 is 1.97 bits per heavy atom. The molecule has 0 bridgehead atoms. The van der Waals surface area contributed by atoms with Crippen molar-refractivity contribution in [1.82, 2.24) is 19.4 Å². The number of pyridine rings is 1. The fourth-order valence-electron chi connectivity index (χ4n) is 3.28. The Balaban J connectivity index is 1.28. The Bertz CT molecular complexity index is 928. The Hall–Kier alpha value is -2.91. The highest BCUT2D eigenvalue weighted by atomic mass is 19.4. The van der Waals surface area contributed by atoms with Crippen LogP contribution in [-0.4, -0.2) is 51.8 Å². The maximum atomic E-state index is 12.6. The van der Waals surface area contributed by atoms with Crippen LogP contribution in [0.5, 0.6) is 5.88 Å². The molecule has 158 valence electrons. The molecule has 1 aliphatic rings. The number of aromatic nitrogens is 3. The second-order valence-corrected chi connectivity index (χ2v) is 7.06. The molecular weight excluding hydrogens is 397 g/mol. The van der Waals surface area contributed by atoms with E-state index in [-0.39, 0.29) is 18.6 Å². The van der Waals surface area contributed by atoms with E-state index in [2.05, 4.69) is 27.0 Å². The van der Waals surface area contributed by atoms with Crippen LogP contribution >= 0.6 is 0 Å². The molecule has 0 saturated carbocycles. The van der Waals surface area contributed by atoms with Crippen LogP contribution in [0.2, 0.25) is 0 Å². The van der Waals surface area contributed by atoms with Crippen LogP contribution in [0.4, 0.5) is 13.2 Å². The molecule has 3 heterocycles. The third kappa shape index (κ3) is 5.17. The van der Waals surface area contributed by atoms with E-state index in [4.69, 9.17) is 9.47 Å². The maximum Gasteiger partial charge on any atom is 0.417 e. The molecule has 1 atom stereocenters. The molecule has 6 nitrogen and oxygen atoms in total. The first-order chi connectivity index (χ1) is 14.5. The van der Waals surface area contributed by atoms with Gasteiger partial charge in [-0.15, -0.1) is 0 Å². The molecular formula is C21H21F3N4O2. The van der Waals surface area contributed by atoms with E-state index in [1.165, 1.54) is 11.6 Å². The summed E-state index contributed by atoms with van der Waals surface area (Å²) in [6.45, 7) is 3.06. The molecule has 2 aromatic heterocycles. The van der Waals surface area contributed by atoms with Gasteiger partial charge in [0.2, 0.25) is 5.88 Å². The molecule has 1 aromatic carbocycles. The van der Waals surface area contributed by atoms with Crippen molar-refractivity contribution in [3.8, 4) is 11.6 Å². The van der Waals surface area contributed by atoms with Crippen molar-refractivity contribution in [2.75, 3.05) is 26.3 Å². The highest BCUT2D eigenvalue weighted by Gasteiger charge is 2.30. The third-order valence-electron chi connectivity index (χ3n) is 4.85. The van der Waals surface area contributed by atoms with E-state index in [1.807, 2.05) is 22.9 Å². The van der Waals surface area contributed by atoms with Crippen molar-refractivity contribution in [3.63, 3.8) is 0 Å². The number of hydrogen-bond donors (Lipinski definition) is 0. The Morgan fingerprint density at radius 3 is 2.63 bits per heavy atom. The number of hydrogen-bond acceptors (Lipinski definition) is 5. The quantitative estimate of drug-likeness (QED) is 0.613. The van der Waals surface area contributed by atoms with Gasteiger partial charge in [0.15, 0.2) is 0 Å². The summed E-state index contributed by atoms with van der Waals surface area (Å²) in [5.41, 5.74) is 1.44. The predicted molar refractivity (Wildman–Crippen MR) is 103 cm³/mol. The van der Waals surface area contributed by atoms with E-state index in [1.54, 1.807) is 12.5 Å². The number of rotatable bonds is 6. The maximum absolute atomic E-state index is 12.6. The minimum absolute atomic E-state index is 0.152. The summed E-state index contributed by atoms with van der Waals surface area (Å²) in [6.07, 6.45) is 1.59. The van der Waals surface area contributed by atoms with Gasteiger partial charge in [0, 0.05) is 50.0 Å². The fraction of sp³-hybridized carbons (Fsp3) is 0.333. The molecule has 1 unspecified atom stereocenters. The van der Waals surface area contributed by atoms with Crippen LogP contribution in [0.1, 0.15) is 11.1 Å². The molecule has 0 aliphatic carbocycles. The zero-order valence-corrected chi connectivity index (χ0v) is 16.1. The summed E-state index contributed by atoms with van der Waals surface area (Å²) in [5.74, 6) is 0.152. The summed E-state index contributed by atoms with van der Waals surface area (Å²) in [6, 6.07) is 10.5. The lowest BCUT2D eigenvalue weighted by Crippen LogP contribution is -2.44. The van der Waals surface area contributed by atoms with Crippen LogP contribution in [0.15, 0.2) is 61.3 Å². The number of alkyl halides is 3. The minimum atomic E-state index is -4.41. The molecule has 9 heteroatoms. The summed E-state index contributed by atoms with van der Waals surface area (Å²) < 4.78 is 51.0. The molecule has 3 aromatic rings. The van der Waals surface area contributed by atoms with Gasteiger partial charge in [-0.2, -0.15) is 13.2 Å². The van der Waals surface area contributed by atoms with Gasteiger partial charge in [-0.25, -0.2) is 9.97 Å². The lowest BCUT2D eigenvalue weighted by atomic mass is 10.1. The van der Waals surface area contributed by atoms with Gasteiger partial charge >= 0.3 is 6.18 Å². The molecule has 0 radical (unpaired) electrons. The normalized spacial score (nSPS) is 17.8. The van der Waals surface area contributed by atoms with Gasteiger partial charge < -0.3 is 14.0 Å². The van der Waals surface area contributed by atoms with Gasteiger partial charge in [0.25, 0.3) is 0 Å². The minimum Gasteiger partial charge on any atom is -0.475 e. The van der Waals surface area contributed by atoms with Crippen molar-refractivity contribution in [2.45, 2.75) is 18.8 Å². The zero-order chi connectivity index (χ0) is 21.0. The van der Waals surface area contributed by atoms with Crippen molar-refractivity contribution in [1.29, 1.82) is 0 Å². The number of ether oxygens (including phenoxy) is 2. The Kier molecular flexibility index (Phi) is 6.01. The second kappa shape index (κ2) is 8.85. The molecule has 4 rings (SSSR count). The number of benzene rings is 1. The summed E-state index contributed by atoms with van der Waals surface area (Å²) >= 11 is 0.